The van der Waals surface area contributed by atoms with Crippen LogP contribution in [0.4, 0.5) is 11.4 Å². The van der Waals surface area contributed by atoms with Crippen LogP contribution in [0.25, 0.3) is 0 Å². The molecule has 2 aromatic rings. The third-order valence-electron chi connectivity index (χ3n) is 3.10. The highest BCUT2D eigenvalue weighted by Gasteiger charge is 2.15. The molecule has 2 aromatic carbocycles. The molecule has 0 saturated carbocycles. The summed E-state index contributed by atoms with van der Waals surface area (Å²) in [4.78, 5) is 12.1. The minimum absolute atomic E-state index is 0.0449. The fraction of sp³-hybridized carbons (Fsp3) is 0.133. The molecule has 0 aliphatic carbocycles. The Hall–Kier alpha value is -2.58. The first kappa shape index (κ1) is 14.8. The molecule has 0 saturated heterocycles. The van der Waals surface area contributed by atoms with Crippen molar-refractivity contribution in [2.45, 2.75) is 6.54 Å². The number of benzene rings is 2. The summed E-state index contributed by atoms with van der Waals surface area (Å²) in [5.41, 5.74) is 1.52. The van der Waals surface area contributed by atoms with Gasteiger partial charge in [-0.25, -0.2) is 0 Å². The van der Waals surface area contributed by atoms with Gasteiger partial charge in [0.15, 0.2) is 0 Å². The number of nitrogens with zero attached hydrogens (tertiary/aromatic N) is 3. The van der Waals surface area contributed by atoms with E-state index in [1.807, 2.05) is 36.2 Å². The Morgan fingerprint density at radius 1 is 1.33 bits per heavy atom. The number of hydrogen-bond donors (Lipinski definition) is 0. The van der Waals surface area contributed by atoms with Crippen LogP contribution in [0.1, 0.15) is 11.1 Å². The van der Waals surface area contributed by atoms with E-state index in [-0.39, 0.29) is 11.3 Å². The summed E-state index contributed by atoms with van der Waals surface area (Å²) in [5.74, 6) is 0. The molecule has 0 bridgehead atoms. The van der Waals surface area contributed by atoms with E-state index in [9.17, 15) is 10.1 Å². The van der Waals surface area contributed by atoms with Gasteiger partial charge in [0, 0.05) is 30.4 Å². The summed E-state index contributed by atoms with van der Waals surface area (Å²) < 4.78 is 0. The zero-order chi connectivity index (χ0) is 15.4. The highest BCUT2D eigenvalue weighted by Crippen LogP contribution is 2.26. The Morgan fingerprint density at radius 3 is 2.67 bits per heavy atom. The maximum Gasteiger partial charge on any atom is 0.287 e. The second kappa shape index (κ2) is 6.25. The maximum atomic E-state index is 10.8. The molecule has 2 rings (SSSR count). The minimum atomic E-state index is -0.559. The van der Waals surface area contributed by atoms with Crippen LogP contribution < -0.4 is 4.90 Å². The van der Waals surface area contributed by atoms with Gasteiger partial charge in [0.1, 0.15) is 11.6 Å². The van der Waals surface area contributed by atoms with Crippen molar-refractivity contribution < 1.29 is 4.92 Å². The highest BCUT2D eigenvalue weighted by atomic mass is 35.5. The van der Waals surface area contributed by atoms with Crippen molar-refractivity contribution >= 4 is 23.0 Å². The molecule has 0 N–H and O–H groups in total. The van der Waals surface area contributed by atoms with Crippen LogP contribution in [0, 0.1) is 21.4 Å². The van der Waals surface area contributed by atoms with Crippen LogP contribution in [-0.2, 0) is 6.54 Å². The summed E-state index contributed by atoms with van der Waals surface area (Å²) in [6.07, 6.45) is 0. The number of anilines is 1. The topological polar surface area (TPSA) is 70.2 Å². The zero-order valence-corrected chi connectivity index (χ0v) is 12.0. The van der Waals surface area contributed by atoms with E-state index in [0.717, 1.165) is 11.3 Å². The smallest absolute Gasteiger partial charge is 0.287 e. The predicted octanol–water partition coefficient (Wildman–Crippen LogP) is 3.76. The molecule has 106 valence electrons. The molecular weight excluding hydrogens is 290 g/mol. The monoisotopic (exact) mass is 301 g/mol. The van der Waals surface area contributed by atoms with Crippen LogP contribution >= 0.6 is 11.6 Å². The molecule has 0 aliphatic rings. The summed E-state index contributed by atoms with van der Waals surface area (Å²) in [7, 11) is 1.84. The van der Waals surface area contributed by atoms with E-state index in [2.05, 4.69) is 0 Å². The van der Waals surface area contributed by atoms with Crippen LogP contribution in [-0.4, -0.2) is 12.0 Å². The molecule has 0 heterocycles. The third-order valence-corrected chi connectivity index (χ3v) is 3.47. The Kier molecular flexibility index (Phi) is 4.41. The van der Waals surface area contributed by atoms with Crippen LogP contribution in [0.3, 0.4) is 0 Å². The Labute approximate surface area is 127 Å². The summed E-state index contributed by atoms with van der Waals surface area (Å²) >= 11 is 6.11. The average molecular weight is 302 g/mol. The molecule has 5 nitrogen and oxygen atoms in total. The van der Waals surface area contributed by atoms with Crippen molar-refractivity contribution in [2.24, 2.45) is 0 Å². The molecule has 0 unspecified atom stereocenters. The van der Waals surface area contributed by atoms with Gasteiger partial charge in [-0.1, -0.05) is 29.8 Å². The van der Waals surface area contributed by atoms with Gasteiger partial charge in [-0.15, -0.1) is 0 Å². The van der Waals surface area contributed by atoms with Gasteiger partial charge in [-0.2, -0.15) is 5.26 Å². The van der Waals surface area contributed by atoms with E-state index in [1.165, 1.54) is 12.1 Å². The zero-order valence-electron chi connectivity index (χ0n) is 11.3. The van der Waals surface area contributed by atoms with Crippen LogP contribution in [0.15, 0.2) is 42.5 Å². The van der Waals surface area contributed by atoms with Gasteiger partial charge in [0.05, 0.1) is 4.92 Å². The lowest BCUT2D eigenvalue weighted by Crippen LogP contribution is -2.16. The number of nitriles is 1. The lowest BCUT2D eigenvalue weighted by molar-refractivity contribution is -0.385. The van der Waals surface area contributed by atoms with Gasteiger partial charge in [0.25, 0.3) is 5.69 Å². The molecule has 0 radical (unpaired) electrons. The van der Waals surface area contributed by atoms with E-state index < -0.39 is 4.92 Å². The molecule has 0 aromatic heterocycles. The molecule has 0 spiro atoms. The summed E-state index contributed by atoms with van der Waals surface area (Å²) in [5, 5.41) is 20.5. The molecule has 0 fully saturated rings. The highest BCUT2D eigenvalue weighted by molar-refractivity contribution is 6.31. The van der Waals surface area contributed by atoms with Crippen molar-refractivity contribution in [1.29, 1.82) is 5.26 Å². The Bertz CT molecular complexity index is 725. The second-order valence-corrected chi connectivity index (χ2v) is 4.93. The van der Waals surface area contributed by atoms with Crippen molar-refractivity contribution in [3.63, 3.8) is 0 Å². The fourth-order valence-electron chi connectivity index (χ4n) is 1.98. The Balaban J connectivity index is 2.28. The first-order valence-corrected chi connectivity index (χ1v) is 6.54. The second-order valence-electron chi connectivity index (χ2n) is 4.52. The van der Waals surface area contributed by atoms with Crippen LogP contribution in [0.5, 0.6) is 0 Å². The lowest BCUT2D eigenvalue weighted by Gasteiger charge is -2.20. The van der Waals surface area contributed by atoms with Gasteiger partial charge >= 0.3 is 0 Å². The number of rotatable bonds is 4. The number of nitro benzene ring substituents is 1. The maximum absolute atomic E-state index is 10.8. The molecule has 0 atom stereocenters. The summed E-state index contributed by atoms with van der Waals surface area (Å²) in [6, 6.07) is 13.8. The Morgan fingerprint density at radius 2 is 2.05 bits per heavy atom. The largest absolute Gasteiger partial charge is 0.370 e. The predicted molar refractivity (Wildman–Crippen MR) is 81.4 cm³/mol. The third kappa shape index (κ3) is 3.30. The van der Waals surface area contributed by atoms with Gasteiger partial charge in [-0.05, 0) is 23.8 Å². The van der Waals surface area contributed by atoms with Gasteiger partial charge < -0.3 is 4.90 Å². The van der Waals surface area contributed by atoms with Crippen molar-refractivity contribution in [2.75, 3.05) is 11.9 Å². The van der Waals surface area contributed by atoms with E-state index in [4.69, 9.17) is 16.9 Å². The number of halogens is 1. The van der Waals surface area contributed by atoms with Gasteiger partial charge in [-0.3, -0.25) is 10.1 Å². The first-order chi connectivity index (χ1) is 10.0. The number of hydrogen-bond acceptors (Lipinski definition) is 4. The fourth-order valence-corrected chi connectivity index (χ4v) is 2.18. The normalized spacial score (nSPS) is 9.95. The number of nitro groups is 1. The first-order valence-electron chi connectivity index (χ1n) is 6.16. The van der Waals surface area contributed by atoms with Crippen molar-refractivity contribution in [3.05, 3.63) is 68.7 Å². The molecule has 21 heavy (non-hydrogen) atoms. The van der Waals surface area contributed by atoms with Crippen molar-refractivity contribution in [1.82, 2.24) is 0 Å². The average Bonchev–Trinajstić information content (AvgIpc) is 2.48. The SMILES string of the molecule is CN(Cc1ccccc1Cl)c1ccc([N+](=O)[O-])c(C#N)c1. The van der Waals surface area contributed by atoms with Crippen molar-refractivity contribution in [3.8, 4) is 6.07 Å². The lowest BCUT2D eigenvalue weighted by atomic mass is 10.1. The molecular formula is C15H12ClN3O2. The van der Waals surface area contributed by atoms with E-state index in [0.29, 0.717) is 11.6 Å². The van der Waals surface area contributed by atoms with Crippen LogP contribution in [0.2, 0.25) is 5.02 Å². The molecule has 0 aliphatic heterocycles. The standard InChI is InChI=1S/C15H12ClN3O2/c1-18(10-11-4-2-3-5-14(11)16)13-6-7-15(19(20)21)12(8-13)9-17/h2-8H,10H2,1H3. The molecule has 6 heteroatoms. The quantitative estimate of drug-likeness (QED) is 0.637. The summed E-state index contributed by atoms with van der Waals surface area (Å²) in [6.45, 7) is 0.544. The van der Waals surface area contributed by atoms with E-state index >= 15 is 0 Å². The van der Waals surface area contributed by atoms with E-state index in [1.54, 1.807) is 12.1 Å². The minimum Gasteiger partial charge on any atom is -0.370 e. The molecule has 0 amide bonds. The van der Waals surface area contributed by atoms with Gasteiger partial charge in [0.2, 0.25) is 0 Å².